The van der Waals surface area contributed by atoms with Crippen LogP contribution < -0.4 is 21.3 Å². The van der Waals surface area contributed by atoms with Crippen molar-refractivity contribution in [2.45, 2.75) is 25.5 Å². The summed E-state index contributed by atoms with van der Waals surface area (Å²) >= 11 is 0. The molecule has 8 nitrogen and oxygen atoms in total. The van der Waals surface area contributed by atoms with E-state index in [0.29, 0.717) is 31.5 Å². The molecule has 3 heterocycles. The summed E-state index contributed by atoms with van der Waals surface area (Å²) in [6.45, 7) is 1.82. The molecule has 0 amide bonds. The van der Waals surface area contributed by atoms with Crippen LogP contribution in [0.1, 0.15) is 18.4 Å². The third kappa shape index (κ3) is 4.07. The number of benzene rings is 1. The minimum absolute atomic E-state index is 0.0729. The highest BCUT2D eigenvalue weighted by Gasteiger charge is 2.18. The van der Waals surface area contributed by atoms with Crippen molar-refractivity contribution < 1.29 is 9.47 Å². The Kier molecular flexibility index (Phi) is 4.99. The van der Waals surface area contributed by atoms with E-state index in [1.165, 1.54) is 11.2 Å². The number of rotatable bonds is 5. The van der Waals surface area contributed by atoms with Crippen LogP contribution in [0.5, 0.6) is 5.88 Å². The van der Waals surface area contributed by atoms with Crippen molar-refractivity contribution in [2.75, 3.05) is 24.0 Å². The van der Waals surface area contributed by atoms with Crippen LogP contribution in [-0.4, -0.2) is 34.3 Å². The molecule has 4 N–H and O–H groups in total. The molecule has 0 saturated carbocycles. The quantitative estimate of drug-likeness (QED) is 0.521. The number of ether oxygens (including phenoxy) is 2. The molecule has 0 unspecified atom stereocenters. The van der Waals surface area contributed by atoms with E-state index in [1.807, 2.05) is 30.3 Å². The maximum Gasteiger partial charge on any atom is 0.234 e. The second-order valence-electron chi connectivity index (χ2n) is 6.51. The molecular formula is C19H22N6O2. The molecule has 0 bridgehead atoms. The van der Waals surface area contributed by atoms with Crippen molar-refractivity contribution in [1.29, 1.82) is 0 Å². The molecule has 1 aliphatic heterocycles. The molecule has 0 spiro atoms. The van der Waals surface area contributed by atoms with Crippen molar-refractivity contribution in [3.8, 4) is 5.88 Å². The topological polar surface area (TPSA) is 112 Å². The Bertz CT molecular complexity index is 929. The highest BCUT2D eigenvalue weighted by Crippen LogP contribution is 2.23. The first-order valence-electron chi connectivity index (χ1n) is 8.92. The molecule has 4 rings (SSSR count). The van der Waals surface area contributed by atoms with Gasteiger partial charge in [-0.15, -0.1) is 0 Å². The molecule has 0 aliphatic carbocycles. The average molecular weight is 366 g/mol. The van der Waals surface area contributed by atoms with Crippen molar-refractivity contribution in [2.24, 2.45) is 5.84 Å². The molecule has 27 heavy (non-hydrogen) atoms. The summed E-state index contributed by atoms with van der Waals surface area (Å²) in [4.78, 5) is 13.0. The second kappa shape index (κ2) is 7.73. The number of hydrogen-bond donors (Lipinski definition) is 2. The molecule has 0 radical (unpaired) electrons. The van der Waals surface area contributed by atoms with Gasteiger partial charge in [-0.1, -0.05) is 12.1 Å². The number of hydrogen-bond acceptors (Lipinski definition) is 8. The summed E-state index contributed by atoms with van der Waals surface area (Å²) in [6, 6.07) is 9.93. The van der Waals surface area contributed by atoms with Crippen LogP contribution in [0.4, 0.5) is 11.6 Å². The van der Waals surface area contributed by atoms with Crippen LogP contribution in [0, 0.1) is 0 Å². The maximum atomic E-state index is 6.23. The number of pyridine rings is 1. The monoisotopic (exact) mass is 366 g/mol. The molecule has 3 aromatic rings. The van der Waals surface area contributed by atoms with Gasteiger partial charge in [0.15, 0.2) is 11.6 Å². The Hall–Kier alpha value is -2.97. The van der Waals surface area contributed by atoms with Crippen LogP contribution in [0.2, 0.25) is 0 Å². The fourth-order valence-electron chi connectivity index (χ4n) is 3.10. The number of nitrogens with two attached hydrogens (primary N) is 2. The molecule has 1 aliphatic rings. The van der Waals surface area contributed by atoms with Gasteiger partial charge in [-0.25, -0.2) is 10.8 Å². The van der Waals surface area contributed by atoms with E-state index >= 15 is 0 Å². The molecule has 140 valence electrons. The van der Waals surface area contributed by atoms with Crippen LogP contribution >= 0.6 is 0 Å². The molecular weight excluding hydrogens is 344 g/mol. The van der Waals surface area contributed by atoms with Gasteiger partial charge in [-0.05, 0) is 23.8 Å². The molecule has 0 atom stereocenters. The number of fused-ring (bicyclic) bond motifs is 1. The summed E-state index contributed by atoms with van der Waals surface area (Å²) in [5.41, 5.74) is 7.95. The fraction of sp³-hybridized carbons (Fsp3) is 0.316. The Labute approximate surface area is 157 Å². The molecule has 1 fully saturated rings. The zero-order chi connectivity index (χ0) is 18.6. The minimum Gasteiger partial charge on any atom is -0.473 e. The third-order valence-electron chi connectivity index (χ3n) is 4.51. The van der Waals surface area contributed by atoms with Gasteiger partial charge >= 0.3 is 0 Å². The lowest BCUT2D eigenvalue weighted by atomic mass is 10.1. The summed E-state index contributed by atoms with van der Waals surface area (Å²) in [6.07, 6.45) is 5.04. The predicted molar refractivity (Wildman–Crippen MR) is 103 cm³/mol. The zero-order valence-electron chi connectivity index (χ0n) is 14.9. The van der Waals surface area contributed by atoms with E-state index in [-0.39, 0.29) is 11.9 Å². The standard InChI is InChI=1S/C19H22N6O2/c20-18-19(24-17(11-23-18)27-15-5-8-26-9-6-15)25(21)12-13-3-4-16-14(10-13)2-1-7-22-16/h1-4,7,10-11,15H,5-6,8-9,12,21H2,(H2,20,23). The van der Waals surface area contributed by atoms with Crippen LogP contribution in [-0.2, 0) is 11.3 Å². The average Bonchev–Trinajstić information content (AvgIpc) is 2.70. The van der Waals surface area contributed by atoms with Gasteiger partial charge in [0.2, 0.25) is 5.88 Å². The number of nitrogen functional groups attached to an aromatic ring is 1. The summed E-state index contributed by atoms with van der Waals surface area (Å²) in [5, 5.41) is 2.54. The van der Waals surface area contributed by atoms with Crippen molar-refractivity contribution in [3.05, 3.63) is 48.3 Å². The van der Waals surface area contributed by atoms with Crippen molar-refractivity contribution >= 4 is 22.5 Å². The van der Waals surface area contributed by atoms with Gasteiger partial charge < -0.3 is 15.2 Å². The first kappa shape index (κ1) is 17.4. The van der Waals surface area contributed by atoms with E-state index in [4.69, 9.17) is 21.1 Å². The van der Waals surface area contributed by atoms with Gasteiger partial charge in [0.05, 0.1) is 31.5 Å². The second-order valence-corrected chi connectivity index (χ2v) is 6.51. The van der Waals surface area contributed by atoms with E-state index in [2.05, 4.69) is 15.0 Å². The first-order chi connectivity index (χ1) is 13.2. The van der Waals surface area contributed by atoms with Crippen LogP contribution in [0.15, 0.2) is 42.7 Å². The van der Waals surface area contributed by atoms with Crippen LogP contribution in [0.25, 0.3) is 10.9 Å². The lowest BCUT2D eigenvalue weighted by Gasteiger charge is -2.24. The third-order valence-corrected chi connectivity index (χ3v) is 4.51. The van der Waals surface area contributed by atoms with Gasteiger partial charge in [0.25, 0.3) is 0 Å². The lowest BCUT2D eigenvalue weighted by molar-refractivity contribution is 0.0236. The van der Waals surface area contributed by atoms with Crippen LogP contribution in [0.3, 0.4) is 0 Å². The lowest BCUT2D eigenvalue weighted by Crippen LogP contribution is -2.32. The van der Waals surface area contributed by atoms with Gasteiger partial charge in [0, 0.05) is 24.4 Å². The smallest absolute Gasteiger partial charge is 0.234 e. The molecule has 1 aromatic carbocycles. The highest BCUT2D eigenvalue weighted by molar-refractivity contribution is 5.79. The van der Waals surface area contributed by atoms with E-state index in [9.17, 15) is 0 Å². The number of aromatic nitrogens is 3. The number of nitrogens with zero attached hydrogens (tertiary/aromatic N) is 4. The highest BCUT2D eigenvalue weighted by atomic mass is 16.5. The molecule has 8 heteroatoms. The van der Waals surface area contributed by atoms with E-state index in [0.717, 1.165) is 29.3 Å². The zero-order valence-corrected chi connectivity index (χ0v) is 14.9. The van der Waals surface area contributed by atoms with Gasteiger partial charge in [0.1, 0.15) is 6.10 Å². The minimum atomic E-state index is 0.0729. The van der Waals surface area contributed by atoms with E-state index < -0.39 is 0 Å². The first-order valence-corrected chi connectivity index (χ1v) is 8.92. The SMILES string of the molecule is Nc1ncc(OC2CCOCC2)nc1N(N)Cc1ccc2ncccc2c1. The van der Waals surface area contributed by atoms with Crippen molar-refractivity contribution in [3.63, 3.8) is 0 Å². The normalized spacial score (nSPS) is 15.0. The summed E-state index contributed by atoms with van der Waals surface area (Å²) in [5.74, 6) is 7.31. The Morgan fingerprint density at radius 1 is 1.19 bits per heavy atom. The Balaban J connectivity index is 1.51. The number of hydrazine groups is 1. The molecule has 1 saturated heterocycles. The van der Waals surface area contributed by atoms with Gasteiger partial charge in [-0.2, -0.15) is 4.98 Å². The predicted octanol–water partition coefficient (Wildman–Crippen LogP) is 2.05. The Morgan fingerprint density at radius 3 is 2.89 bits per heavy atom. The maximum absolute atomic E-state index is 6.23. The fourth-order valence-corrected chi connectivity index (χ4v) is 3.10. The summed E-state index contributed by atoms with van der Waals surface area (Å²) < 4.78 is 11.3. The molecule has 2 aromatic heterocycles. The van der Waals surface area contributed by atoms with Crippen molar-refractivity contribution in [1.82, 2.24) is 15.0 Å². The largest absolute Gasteiger partial charge is 0.473 e. The van der Waals surface area contributed by atoms with E-state index in [1.54, 1.807) is 6.20 Å². The number of anilines is 2. The summed E-state index contributed by atoms with van der Waals surface area (Å²) in [7, 11) is 0. The Morgan fingerprint density at radius 2 is 2.04 bits per heavy atom. The van der Waals surface area contributed by atoms with Gasteiger partial charge in [-0.3, -0.25) is 9.99 Å².